The standard InChI is InChI=1S/C51H30N4S2/c1-3-12-31(13-4-1)49-52-50(32-14-5-2-6-15-32)54-51(53-49)35-23-26-39-38-25-22-34(29-46(38)57-47(39)30-35)33-24-27-44-40(28-33)48-43(20-11-21-45(48)56-44)55-41-18-9-7-16-36(41)37-17-8-10-19-42(37)55/h1-30H. The molecule has 0 bridgehead atoms. The maximum Gasteiger partial charge on any atom is 0.164 e. The lowest BCUT2D eigenvalue weighted by atomic mass is 10.0. The van der Waals surface area contributed by atoms with Crippen molar-refractivity contribution in [1.29, 1.82) is 0 Å². The van der Waals surface area contributed by atoms with Crippen molar-refractivity contribution in [2.45, 2.75) is 0 Å². The van der Waals surface area contributed by atoms with Crippen molar-refractivity contribution in [1.82, 2.24) is 19.5 Å². The van der Waals surface area contributed by atoms with Crippen LogP contribution in [0.2, 0.25) is 0 Å². The van der Waals surface area contributed by atoms with Crippen LogP contribution in [0.15, 0.2) is 182 Å². The predicted molar refractivity (Wildman–Crippen MR) is 242 cm³/mol. The van der Waals surface area contributed by atoms with Gasteiger partial charge in [0.1, 0.15) is 0 Å². The number of para-hydroxylation sites is 2. The van der Waals surface area contributed by atoms with Crippen LogP contribution in [0.25, 0.3) is 113 Å². The fourth-order valence-electron chi connectivity index (χ4n) is 8.39. The Hall–Kier alpha value is -6.99. The average Bonchev–Trinajstić information content (AvgIpc) is 3.95. The molecule has 12 rings (SSSR count). The molecular formula is C51H30N4S2. The second-order valence-corrected chi connectivity index (χ2v) is 16.6. The summed E-state index contributed by atoms with van der Waals surface area (Å²) in [6.45, 7) is 0. The van der Waals surface area contributed by atoms with Gasteiger partial charge in [0.15, 0.2) is 17.5 Å². The van der Waals surface area contributed by atoms with Crippen molar-refractivity contribution in [2.75, 3.05) is 0 Å². The van der Waals surface area contributed by atoms with Crippen LogP contribution in [0.1, 0.15) is 0 Å². The largest absolute Gasteiger partial charge is 0.309 e. The lowest BCUT2D eigenvalue weighted by Crippen LogP contribution is -1.99. The summed E-state index contributed by atoms with van der Waals surface area (Å²) in [6, 6.07) is 65.0. The van der Waals surface area contributed by atoms with Crippen LogP contribution in [0.3, 0.4) is 0 Å². The molecule has 0 aliphatic rings. The van der Waals surface area contributed by atoms with E-state index in [-0.39, 0.29) is 0 Å². The number of hydrogen-bond donors (Lipinski definition) is 0. The van der Waals surface area contributed by atoms with E-state index in [4.69, 9.17) is 15.0 Å². The second-order valence-electron chi connectivity index (χ2n) is 14.4. The topological polar surface area (TPSA) is 43.6 Å². The van der Waals surface area contributed by atoms with Crippen molar-refractivity contribution in [3.63, 3.8) is 0 Å². The van der Waals surface area contributed by atoms with E-state index in [9.17, 15) is 0 Å². The summed E-state index contributed by atoms with van der Waals surface area (Å²) in [5.41, 5.74) is 8.99. The highest BCUT2D eigenvalue weighted by Crippen LogP contribution is 2.43. The Labute approximate surface area is 335 Å². The number of nitrogens with zero attached hydrogens (tertiary/aromatic N) is 4. The molecule has 0 spiro atoms. The quantitative estimate of drug-likeness (QED) is 0.175. The fourth-order valence-corrected chi connectivity index (χ4v) is 10.7. The maximum atomic E-state index is 4.99. The summed E-state index contributed by atoms with van der Waals surface area (Å²) in [4.78, 5) is 14.9. The molecule has 0 fully saturated rings. The zero-order valence-corrected chi connectivity index (χ0v) is 32.1. The van der Waals surface area contributed by atoms with E-state index in [2.05, 4.69) is 126 Å². The van der Waals surface area contributed by atoms with Gasteiger partial charge in [0, 0.05) is 67.8 Å². The van der Waals surface area contributed by atoms with Gasteiger partial charge in [-0.1, -0.05) is 133 Å². The first-order valence-corrected chi connectivity index (χ1v) is 20.6. The van der Waals surface area contributed by atoms with Gasteiger partial charge >= 0.3 is 0 Å². The van der Waals surface area contributed by atoms with Crippen molar-refractivity contribution in [3.8, 4) is 51.0 Å². The first-order chi connectivity index (χ1) is 28.2. The molecule has 0 amide bonds. The molecule has 0 aliphatic carbocycles. The molecule has 0 atom stereocenters. The van der Waals surface area contributed by atoms with Gasteiger partial charge in [-0.15, -0.1) is 22.7 Å². The SMILES string of the molecule is c1ccc(-c2nc(-c3ccccc3)nc(-c3ccc4c(c3)sc3cc(-c5ccc6sc7cccc(-n8c9ccccc9c9ccccc98)c7c6c5)ccc34)n2)cc1. The number of aromatic nitrogens is 4. The van der Waals surface area contributed by atoms with Gasteiger partial charge in [0.05, 0.1) is 16.7 Å². The van der Waals surface area contributed by atoms with E-state index in [1.807, 2.05) is 83.3 Å². The molecule has 0 saturated heterocycles. The molecule has 266 valence electrons. The molecule has 0 unspecified atom stereocenters. The second kappa shape index (κ2) is 12.8. The summed E-state index contributed by atoms with van der Waals surface area (Å²) in [5, 5.41) is 7.62. The third-order valence-electron chi connectivity index (χ3n) is 11.1. The Balaban J connectivity index is 0.973. The zero-order chi connectivity index (χ0) is 37.5. The van der Waals surface area contributed by atoms with Gasteiger partial charge in [0.2, 0.25) is 0 Å². The lowest BCUT2D eigenvalue weighted by molar-refractivity contribution is 1.07. The molecule has 0 radical (unpaired) electrons. The van der Waals surface area contributed by atoms with Crippen LogP contribution in [0.5, 0.6) is 0 Å². The monoisotopic (exact) mass is 762 g/mol. The number of fused-ring (bicyclic) bond motifs is 9. The minimum absolute atomic E-state index is 0.665. The smallest absolute Gasteiger partial charge is 0.164 e. The number of rotatable bonds is 5. The molecule has 0 saturated carbocycles. The first-order valence-electron chi connectivity index (χ1n) is 19.0. The maximum absolute atomic E-state index is 4.99. The highest BCUT2D eigenvalue weighted by atomic mass is 32.1. The molecule has 0 aliphatic heterocycles. The zero-order valence-electron chi connectivity index (χ0n) is 30.4. The summed E-state index contributed by atoms with van der Waals surface area (Å²) >= 11 is 3.69. The molecular weight excluding hydrogens is 733 g/mol. The third-order valence-corrected chi connectivity index (χ3v) is 13.3. The Bertz CT molecular complexity index is 3410. The first kappa shape index (κ1) is 32.3. The van der Waals surface area contributed by atoms with E-state index in [1.165, 1.54) is 79.0 Å². The highest BCUT2D eigenvalue weighted by molar-refractivity contribution is 7.26. The third kappa shape index (κ3) is 5.22. The molecule has 6 heteroatoms. The fraction of sp³-hybridized carbons (Fsp3) is 0. The summed E-state index contributed by atoms with van der Waals surface area (Å²) in [7, 11) is 0. The molecule has 4 nitrogen and oxygen atoms in total. The Kier molecular flexibility index (Phi) is 7.24. The summed E-state index contributed by atoms with van der Waals surface area (Å²) < 4.78 is 7.50. The van der Waals surface area contributed by atoms with Crippen molar-refractivity contribution >= 4 is 84.8 Å². The number of benzene rings is 8. The highest BCUT2D eigenvalue weighted by Gasteiger charge is 2.18. The number of hydrogen-bond acceptors (Lipinski definition) is 5. The lowest BCUT2D eigenvalue weighted by Gasteiger charge is -2.10. The molecule has 57 heavy (non-hydrogen) atoms. The van der Waals surface area contributed by atoms with Gasteiger partial charge in [-0.05, 0) is 59.7 Å². The molecule has 0 N–H and O–H groups in total. The van der Waals surface area contributed by atoms with Crippen LogP contribution in [0, 0.1) is 0 Å². The molecule has 8 aromatic carbocycles. The Morgan fingerprint density at radius 3 is 1.47 bits per heavy atom. The van der Waals surface area contributed by atoms with Gasteiger partial charge in [0.25, 0.3) is 0 Å². The molecule has 4 heterocycles. The van der Waals surface area contributed by atoms with E-state index in [0.717, 1.165) is 16.7 Å². The molecule has 12 aromatic rings. The predicted octanol–water partition coefficient (Wildman–Crippen LogP) is 14.4. The minimum atomic E-state index is 0.665. The van der Waals surface area contributed by atoms with E-state index in [0.29, 0.717) is 17.5 Å². The van der Waals surface area contributed by atoms with Gasteiger partial charge < -0.3 is 4.57 Å². The normalized spacial score (nSPS) is 11.9. The van der Waals surface area contributed by atoms with Crippen LogP contribution in [-0.4, -0.2) is 19.5 Å². The van der Waals surface area contributed by atoms with Crippen LogP contribution < -0.4 is 0 Å². The summed E-state index contributed by atoms with van der Waals surface area (Å²) in [6.07, 6.45) is 0. The van der Waals surface area contributed by atoms with E-state index < -0.39 is 0 Å². The Morgan fingerprint density at radius 2 is 0.825 bits per heavy atom. The van der Waals surface area contributed by atoms with Crippen LogP contribution in [0.4, 0.5) is 0 Å². The average molecular weight is 763 g/mol. The Morgan fingerprint density at radius 1 is 0.316 bits per heavy atom. The molecule has 4 aromatic heterocycles. The van der Waals surface area contributed by atoms with Crippen molar-refractivity contribution in [2.24, 2.45) is 0 Å². The van der Waals surface area contributed by atoms with Crippen LogP contribution in [-0.2, 0) is 0 Å². The van der Waals surface area contributed by atoms with Gasteiger partial charge in [-0.25, -0.2) is 15.0 Å². The van der Waals surface area contributed by atoms with E-state index in [1.54, 1.807) is 0 Å². The van der Waals surface area contributed by atoms with Gasteiger partial charge in [-0.2, -0.15) is 0 Å². The summed E-state index contributed by atoms with van der Waals surface area (Å²) in [5.74, 6) is 2.00. The minimum Gasteiger partial charge on any atom is -0.309 e. The number of thiophene rings is 2. The van der Waals surface area contributed by atoms with Crippen molar-refractivity contribution in [3.05, 3.63) is 182 Å². The van der Waals surface area contributed by atoms with Crippen molar-refractivity contribution < 1.29 is 0 Å². The van der Waals surface area contributed by atoms with Gasteiger partial charge in [-0.3, -0.25) is 0 Å². The van der Waals surface area contributed by atoms with E-state index >= 15 is 0 Å². The van der Waals surface area contributed by atoms with Crippen LogP contribution >= 0.6 is 22.7 Å².